The third-order valence-electron chi connectivity index (χ3n) is 7.78. The molecule has 50 heavy (non-hydrogen) atoms. The van der Waals surface area contributed by atoms with Crippen LogP contribution in [0.2, 0.25) is 0 Å². The van der Waals surface area contributed by atoms with Crippen molar-refractivity contribution < 1.29 is 38.4 Å². The molecule has 0 saturated carbocycles. The predicted octanol–water partition coefficient (Wildman–Crippen LogP) is 5.48. The number of hydrogen-bond acceptors (Lipinski definition) is 11. The number of carbonyl (C=O) groups excluding carboxylic acids is 2. The van der Waals surface area contributed by atoms with Crippen LogP contribution in [0.4, 0.5) is 0 Å². The van der Waals surface area contributed by atoms with E-state index in [0.717, 1.165) is 5.56 Å². The van der Waals surface area contributed by atoms with E-state index >= 15 is 0 Å². The van der Waals surface area contributed by atoms with Gasteiger partial charge >= 0.3 is 5.97 Å². The van der Waals surface area contributed by atoms with Crippen molar-refractivity contribution in [2.45, 2.75) is 70.4 Å². The lowest BCUT2D eigenvalue weighted by Gasteiger charge is -2.32. The second kappa shape index (κ2) is 17.4. The first kappa shape index (κ1) is 37.5. The van der Waals surface area contributed by atoms with E-state index in [1.165, 1.54) is 0 Å². The van der Waals surface area contributed by atoms with Crippen LogP contribution < -0.4 is 25.1 Å². The Bertz CT molecular complexity index is 1700. The number of azide groups is 1. The number of nitrogens with one attached hydrogen (secondary N) is 2. The quantitative estimate of drug-likeness (QED) is 0.0413. The van der Waals surface area contributed by atoms with Crippen LogP contribution in [0.25, 0.3) is 10.4 Å². The van der Waals surface area contributed by atoms with Gasteiger partial charge in [-0.2, -0.15) is 0 Å². The van der Waals surface area contributed by atoms with Crippen LogP contribution in [0.15, 0.2) is 76.8 Å². The molecule has 1 amide bonds. The summed E-state index contributed by atoms with van der Waals surface area (Å²) in [5.74, 6) is 0.873. The lowest BCUT2D eigenvalue weighted by atomic mass is 9.82. The first-order valence-corrected chi connectivity index (χ1v) is 16.2. The van der Waals surface area contributed by atoms with Crippen molar-refractivity contribution in [3.8, 4) is 17.2 Å². The van der Waals surface area contributed by atoms with Crippen molar-refractivity contribution in [3.63, 3.8) is 0 Å². The predicted molar refractivity (Wildman–Crippen MR) is 186 cm³/mol. The van der Waals surface area contributed by atoms with Gasteiger partial charge in [0.15, 0.2) is 11.6 Å². The molecule has 0 saturated heterocycles. The van der Waals surface area contributed by atoms with Crippen molar-refractivity contribution in [1.82, 2.24) is 10.9 Å². The maximum Gasteiger partial charge on any atom is 0.306 e. The summed E-state index contributed by atoms with van der Waals surface area (Å²) in [4.78, 5) is 35.5. The number of hydrogen-bond donors (Lipinski definition) is 3. The number of methoxy groups -OCH3 is 2. The first-order valence-electron chi connectivity index (χ1n) is 16.2. The van der Waals surface area contributed by atoms with E-state index < -0.39 is 29.1 Å². The number of hydrazine groups is 1. The molecular weight excluding hydrogens is 644 g/mol. The molecule has 266 valence electrons. The lowest BCUT2D eigenvalue weighted by molar-refractivity contribution is -0.155. The number of esters is 1. The van der Waals surface area contributed by atoms with Crippen molar-refractivity contribution in [3.05, 3.63) is 99.4 Å². The molecule has 3 aromatic rings. The Hall–Kier alpha value is -5.30. The van der Waals surface area contributed by atoms with Crippen LogP contribution in [0.1, 0.15) is 68.4 Å². The molecular formula is C36H44N6O8. The number of benzene rings is 3. The number of aliphatic hydroxyl groups excluding tert-OH is 1. The minimum Gasteiger partial charge on any atom is -0.497 e. The summed E-state index contributed by atoms with van der Waals surface area (Å²) in [7, 11) is 3.10. The number of aliphatic imine (C=N–C) groups is 1. The molecule has 0 unspecified atom stereocenters. The van der Waals surface area contributed by atoms with Gasteiger partial charge in [0.1, 0.15) is 22.8 Å². The summed E-state index contributed by atoms with van der Waals surface area (Å²) in [6.07, 6.45) is -0.761. The fraction of sp³-hybridized carbons (Fsp3) is 0.417. The van der Waals surface area contributed by atoms with Gasteiger partial charge in [-0.3, -0.25) is 15.0 Å². The maximum atomic E-state index is 14.5. The molecule has 0 aromatic heterocycles. The van der Waals surface area contributed by atoms with Crippen molar-refractivity contribution in [2.75, 3.05) is 27.4 Å². The molecule has 2 atom stereocenters. The molecule has 14 heteroatoms. The Morgan fingerprint density at radius 3 is 2.46 bits per heavy atom. The van der Waals surface area contributed by atoms with Crippen LogP contribution in [0, 0.1) is 0 Å². The van der Waals surface area contributed by atoms with Crippen molar-refractivity contribution in [2.24, 2.45) is 10.1 Å². The van der Waals surface area contributed by atoms with E-state index in [9.17, 15) is 9.59 Å². The Balaban J connectivity index is 1.75. The highest BCUT2D eigenvalue weighted by atomic mass is 16.6. The minimum atomic E-state index is -1.67. The lowest BCUT2D eigenvalue weighted by Crippen LogP contribution is -2.53. The maximum absolute atomic E-state index is 14.5. The molecule has 1 heterocycles. The standard InChI is InChI=1S/C36H44N6O8/c1-35(2,3)50-31(44)17-18-36(34(45)41-38-23-26-13-16-28(46-4)21-30(26)47-5)32(29-10-7-6-9-25(29)22-39-42-37)49-33(40-36)24-11-14-27(15-12-24)48-20-8-19-43/h6-7,9-16,21,32,38,43H,8,17-20,22-23H2,1-5H3,(H,41,45)/t32-,36-/m0/s1. The fourth-order valence-corrected chi connectivity index (χ4v) is 5.40. The molecule has 0 spiro atoms. The van der Waals surface area contributed by atoms with E-state index in [0.29, 0.717) is 47.0 Å². The third-order valence-corrected chi connectivity index (χ3v) is 7.78. The van der Waals surface area contributed by atoms with Gasteiger partial charge in [-0.15, -0.1) is 0 Å². The van der Waals surface area contributed by atoms with Crippen LogP contribution >= 0.6 is 0 Å². The highest BCUT2D eigenvalue weighted by Gasteiger charge is 2.54. The van der Waals surface area contributed by atoms with E-state index in [1.54, 1.807) is 95.7 Å². The minimum absolute atomic E-state index is 0.00101. The van der Waals surface area contributed by atoms with Gasteiger partial charge in [0.2, 0.25) is 5.90 Å². The summed E-state index contributed by atoms with van der Waals surface area (Å²) in [5, 5.41) is 12.8. The molecule has 0 aliphatic carbocycles. The average molecular weight is 689 g/mol. The van der Waals surface area contributed by atoms with E-state index in [1.807, 2.05) is 6.07 Å². The second-order valence-electron chi connectivity index (χ2n) is 12.4. The van der Waals surface area contributed by atoms with Gasteiger partial charge in [-0.25, -0.2) is 10.4 Å². The van der Waals surface area contributed by atoms with Crippen LogP contribution in [0.3, 0.4) is 0 Å². The molecule has 14 nitrogen and oxygen atoms in total. The van der Waals surface area contributed by atoms with Crippen LogP contribution in [0.5, 0.6) is 17.2 Å². The van der Waals surface area contributed by atoms with E-state index in [4.69, 9.17) is 39.3 Å². The Labute approximate surface area is 291 Å². The molecule has 0 bridgehead atoms. The highest BCUT2D eigenvalue weighted by Crippen LogP contribution is 2.44. The van der Waals surface area contributed by atoms with Gasteiger partial charge in [0.05, 0.1) is 27.4 Å². The average Bonchev–Trinajstić information content (AvgIpc) is 3.50. The molecule has 0 fully saturated rings. The van der Waals surface area contributed by atoms with Crippen LogP contribution in [-0.2, 0) is 32.2 Å². The zero-order valence-electron chi connectivity index (χ0n) is 29.0. The number of rotatable bonds is 17. The molecule has 3 aromatic carbocycles. The topological polar surface area (TPSA) is 186 Å². The molecule has 0 radical (unpaired) electrons. The molecule has 3 N–H and O–H groups in total. The highest BCUT2D eigenvalue weighted by molar-refractivity contribution is 6.01. The summed E-state index contributed by atoms with van der Waals surface area (Å²) >= 11 is 0. The van der Waals surface area contributed by atoms with E-state index in [2.05, 4.69) is 20.9 Å². The first-order chi connectivity index (χ1) is 24.0. The smallest absolute Gasteiger partial charge is 0.306 e. The Morgan fingerprint density at radius 2 is 1.78 bits per heavy atom. The molecule has 1 aliphatic heterocycles. The Kier molecular flexibility index (Phi) is 13.0. The summed E-state index contributed by atoms with van der Waals surface area (Å²) in [5.41, 5.74) is 15.0. The number of carbonyl (C=O) groups is 2. The summed E-state index contributed by atoms with van der Waals surface area (Å²) in [6.45, 7) is 5.86. The molecule has 4 rings (SSSR count). The largest absolute Gasteiger partial charge is 0.497 e. The number of nitrogens with zero attached hydrogens (tertiary/aromatic N) is 4. The zero-order chi connectivity index (χ0) is 36.1. The van der Waals surface area contributed by atoms with Gasteiger partial charge in [-0.05, 0) is 74.2 Å². The number of ether oxygens (including phenoxy) is 5. The van der Waals surface area contributed by atoms with Crippen LogP contribution in [-0.4, -0.2) is 61.5 Å². The van der Waals surface area contributed by atoms with Crippen molar-refractivity contribution in [1.29, 1.82) is 0 Å². The molecule has 1 aliphatic rings. The van der Waals surface area contributed by atoms with Gasteiger partial charge in [0, 0.05) is 48.1 Å². The van der Waals surface area contributed by atoms with Gasteiger partial charge < -0.3 is 28.8 Å². The third kappa shape index (κ3) is 9.65. The monoisotopic (exact) mass is 688 g/mol. The number of aliphatic hydroxyl groups is 1. The zero-order valence-corrected chi connectivity index (χ0v) is 29.0. The fourth-order valence-electron chi connectivity index (χ4n) is 5.40. The Morgan fingerprint density at radius 1 is 1.04 bits per heavy atom. The normalized spacial score (nSPS) is 16.8. The number of amides is 1. The van der Waals surface area contributed by atoms with Crippen molar-refractivity contribution >= 4 is 17.8 Å². The SMILES string of the molecule is COc1ccc(CNNC(=O)[C@@]2(CCC(=O)OC(C)(C)C)N=C(c3ccc(OCCCO)cc3)O[C@H]2c2ccccc2CN=[N+]=[N-])c(OC)c1. The summed E-state index contributed by atoms with van der Waals surface area (Å²) < 4.78 is 28.6. The van der Waals surface area contributed by atoms with Gasteiger partial charge in [0.25, 0.3) is 5.91 Å². The van der Waals surface area contributed by atoms with Gasteiger partial charge in [-0.1, -0.05) is 35.4 Å². The van der Waals surface area contributed by atoms with E-state index in [-0.39, 0.29) is 38.4 Å². The summed E-state index contributed by atoms with van der Waals surface area (Å²) in [6, 6.07) is 19.5. The second-order valence-corrected chi connectivity index (χ2v) is 12.4.